The molecule has 0 saturated heterocycles. The number of benzene rings is 2. The molecule has 0 aliphatic carbocycles. The molecule has 3 rings (SSSR count). The van der Waals surface area contributed by atoms with Crippen LogP contribution in [0, 0.1) is 0 Å². The molecule has 0 amide bonds. The maximum absolute atomic E-state index is 9.73. The van der Waals surface area contributed by atoms with Crippen LogP contribution in [0.5, 0.6) is 5.75 Å². The van der Waals surface area contributed by atoms with Gasteiger partial charge in [0, 0.05) is 30.2 Å². The first-order valence-electron chi connectivity index (χ1n) is 6.65. The van der Waals surface area contributed by atoms with E-state index >= 15 is 0 Å². The Balaban J connectivity index is 1.73. The zero-order valence-electron chi connectivity index (χ0n) is 11.1. The average molecular weight is 264 g/mol. The summed E-state index contributed by atoms with van der Waals surface area (Å²) in [6.07, 6.45) is 1.83. The van der Waals surface area contributed by atoms with Crippen LogP contribution in [-0.4, -0.2) is 10.1 Å². The fourth-order valence-electron chi connectivity index (χ4n) is 2.30. The van der Waals surface area contributed by atoms with E-state index in [0.717, 1.165) is 17.6 Å². The van der Waals surface area contributed by atoms with E-state index in [0.29, 0.717) is 12.3 Å². The first-order chi connectivity index (χ1) is 9.84. The molecule has 0 aliphatic heterocycles. The normalized spacial score (nSPS) is 10.8. The lowest BCUT2D eigenvalue weighted by Gasteiger charge is -2.09. The molecule has 1 heterocycles. The molecule has 0 radical (unpaired) electrons. The Morgan fingerprint density at radius 1 is 0.850 bits per heavy atom. The maximum Gasteiger partial charge on any atom is 0.120 e. The summed E-state index contributed by atoms with van der Waals surface area (Å²) >= 11 is 0. The van der Waals surface area contributed by atoms with Crippen molar-refractivity contribution in [3.63, 3.8) is 0 Å². The maximum atomic E-state index is 9.73. The third-order valence-electron chi connectivity index (χ3n) is 3.36. The van der Waals surface area contributed by atoms with Crippen LogP contribution >= 0.6 is 0 Å². The van der Waals surface area contributed by atoms with Gasteiger partial charge in [-0.1, -0.05) is 36.4 Å². The van der Waals surface area contributed by atoms with E-state index in [1.165, 1.54) is 10.9 Å². The molecule has 100 valence electrons. The standard InChI is InChI=1S/C17H16N2O/c20-17-8-4-1-5-14(17)12-18-11-13-9-10-19-16-7-3-2-6-15(13)16/h1-10,18,20H,11-12H2. The lowest BCUT2D eigenvalue weighted by atomic mass is 10.1. The zero-order valence-corrected chi connectivity index (χ0v) is 11.1. The Labute approximate surface area is 117 Å². The summed E-state index contributed by atoms with van der Waals surface area (Å²) in [4.78, 5) is 4.35. The quantitative estimate of drug-likeness (QED) is 0.760. The lowest BCUT2D eigenvalue weighted by Crippen LogP contribution is -2.13. The Kier molecular flexibility index (Phi) is 3.61. The van der Waals surface area contributed by atoms with Crippen molar-refractivity contribution in [3.05, 3.63) is 71.9 Å². The molecule has 0 saturated carbocycles. The fourth-order valence-corrected chi connectivity index (χ4v) is 2.30. The van der Waals surface area contributed by atoms with Crippen LogP contribution in [0.15, 0.2) is 60.8 Å². The number of pyridine rings is 1. The molecule has 3 nitrogen and oxygen atoms in total. The van der Waals surface area contributed by atoms with Crippen molar-refractivity contribution in [1.82, 2.24) is 10.3 Å². The van der Waals surface area contributed by atoms with Crippen LogP contribution in [0.1, 0.15) is 11.1 Å². The monoisotopic (exact) mass is 264 g/mol. The van der Waals surface area contributed by atoms with Crippen molar-refractivity contribution < 1.29 is 5.11 Å². The lowest BCUT2D eigenvalue weighted by molar-refractivity contribution is 0.464. The summed E-state index contributed by atoms with van der Waals surface area (Å²) < 4.78 is 0. The molecule has 0 unspecified atom stereocenters. The second-order valence-corrected chi connectivity index (χ2v) is 4.72. The molecule has 0 atom stereocenters. The summed E-state index contributed by atoms with van der Waals surface area (Å²) in [6, 6.07) is 17.5. The van der Waals surface area contributed by atoms with Crippen molar-refractivity contribution >= 4 is 10.9 Å². The van der Waals surface area contributed by atoms with Crippen molar-refractivity contribution in [2.75, 3.05) is 0 Å². The molecule has 2 N–H and O–H groups in total. The molecule has 3 heteroatoms. The van der Waals surface area contributed by atoms with Gasteiger partial charge in [-0.05, 0) is 23.8 Å². The molecule has 20 heavy (non-hydrogen) atoms. The summed E-state index contributed by atoms with van der Waals surface area (Å²) in [7, 11) is 0. The van der Waals surface area contributed by atoms with Gasteiger partial charge in [-0.25, -0.2) is 0 Å². The summed E-state index contributed by atoms with van der Waals surface area (Å²) in [5, 5.41) is 14.3. The predicted molar refractivity (Wildman–Crippen MR) is 80.4 cm³/mol. The average Bonchev–Trinajstić information content (AvgIpc) is 2.49. The van der Waals surface area contributed by atoms with Crippen LogP contribution in [0.4, 0.5) is 0 Å². The highest BCUT2D eigenvalue weighted by Crippen LogP contribution is 2.17. The number of hydrogen-bond donors (Lipinski definition) is 2. The van der Waals surface area contributed by atoms with E-state index < -0.39 is 0 Å². The van der Waals surface area contributed by atoms with Gasteiger partial charge in [-0.2, -0.15) is 0 Å². The SMILES string of the molecule is Oc1ccccc1CNCc1ccnc2ccccc12. The molecular formula is C17H16N2O. The Morgan fingerprint density at radius 2 is 1.60 bits per heavy atom. The van der Waals surface area contributed by atoms with E-state index in [2.05, 4.69) is 16.4 Å². The molecular weight excluding hydrogens is 248 g/mol. The molecule has 0 spiro atoms. The predicted octanol–water partition coefficient (Wildman–Crippen LogP) is 3.23. The van der Waals surface area contributed by atoms with Gasteiger partial charge in [0.15, 0.2) is 0 Å². The van der Waals surface area contributed by atoms with E-state index in [-0.39, 0.29) is 0 Å². The number of aromatic hydroxyl groups is 1. The van der Waals surface area contributed by atoms with Gasteiger partial charge in [0.1, 0.15) is 5.75 Å². The van der Waals surface area contributed by atoms with Crippen molar-refractivity contribution in [3.8, 4) is 5.75 Å². The number of nitrogens with zero attached hydrogens (tertiary/aromatic N) is 1. The number of rotatable bonds is 4. The molecule has 3 aromatic rings. The first kappa shape index (κ1) is 12.6. The van der Waals surface area contributed by atoms with Gasteiger partial charge in [0.05, 0.1) is 5.52 Å². The van der Waals surface area contributed by atoms with Crippen LogP contribution < -0.4 is 5.32 Å². The molecule has 0 bridgehead atoms. The minimum absolute atomic E-state index is 0.333. The van der Waals surface area contributed by atoms with Gasteiger partial charge in [0.2, 0.25) is 0 Å². The van der Waals surface area contributed by atoms with E-state index in [9.17, 15) is 5.11 Å². The van der Waals surface area contributed by atoms with Crippen molar-refractivity contribution in [1.29, 1.82) is 0 Å². The number of nitrogens with one attached hydrogen (secondary N) is 1. The molecule has 0 fully saturated rings. The minimum Gasteiger partial charge on any atom is -0.508 e. The number of fused-ring (bicyclic) bond motifs is 1. The van der Waals surface area contributed by atoms with Gasteiger partial charge in [-0.3, -0.25) is 4.98 Å². The fraction of sp³-hybridized carbons (Fsp3) is 0.118. The van der Waals surface area contributed by atoms with E-state index in [1.54, 1.807) is 6.07 Å². The summed E-state index contributed by atoms with van der Waals surface area (Å²) in [6.45, 7) is 1.39. The number of hydrogen-bond acceptors (Lipinski definition) is 3. The topological polar surface area (TPSA) is 45.1 Å². The third-order valence-corrected chi connectivity index (χ3v) is 3.36. The Morgan fingerprint density at radius 3 is 2.50 bits per heavy atom. The smallest absolute Gasteiger partial charge is 0.120 e. The second-order valence-electron chi connectivity index (χ2n) is 4.72. The van der Waals surface area contributed by atoms with Gasteiger partial charge in [0.25, 0.3) is 0 Å². The summed E-state index contributed by atoms with van der Waals surface area (Å²) in [5.74, 6) is 0.333. The largest absolute Gasteiger partial charge is 0.508 e. The van der Waals surface area contributed by atoms with Crippen molar-refractivity contribution in [2.24, 2.45) is 0 Å². The summed E-state index contributed by atoms with van der Waals surface area (Å²) in [5.41, 5.74) is 3.13. The highest BCUT2D eigenvalue weighted by molar-refractivity contribution is 5.81. The van der Waals surface area contributed by atoms with E-state index in [1.807, 2.05) is 48.7 Å². The van der Waals surface area contributed by atoms with Gasteiger partial charge in [-0.15, -0.1) is 0 Å². The van der Waals surface area contributed by atoms with E-state index in [4.69, 9.17) is 0 Å². The first-order valence-corrected chi connectivity index (χ1v) is 6.65. The number of phenolic OH excluding ortho intramolecular Hbond substituents is 1. The third kappa shape index (κ3) is 2.63. The highest BCUT2D eigenvalue weighted by atomic mass is 16.3. The van der Waals surface area contributed by atoms with Crippen LogP contribution in [0.2, 0.25) is 0 Å². The second kappa shape index (κ2) is 5.72. The van der Waals surface area contributed by atoms with Crippen LogP contribution in [-0.2, 0) is 13.1 Å². The van der Waals surface area contributed by atoms with Gasteiger partial charge >= 0.3 is 0 Å². The number of phenols is 1. The molecule has 0 aliphatic rings. The minimum atomic E-state index is 0.333. The molecule has 1 aromatic heterocycles. The highest BCUT2D eigenvalue weighted by Gasteiger charge is 2.02. The van der Waals surface area contributed by atoms with Crippen LogP contribution in [0.25, 0.3) is 10.9 Å². The Hall–Kier alpha value is -2.39. The number of para-hydroxylation sites is 2. The van der Waals surface area contributed by atoms with Crippen LogP contribution in [0.3, 0.4) is 0 Å². The van der Waals surface area contributed by atoms with Crippen molar-refractivity contribution in [2.45, 2.75) is 13.1 Å². The Bertz CT molecular complexity index is 720. The van der Waals surface area contributed by atoms with Gasteiger partial charge < -0.3 is 10.4 Å². The zero-order chi connectivity index (χ0) is 13.8. The number of aromatic nitrogens is 1. The molecule has 2 aromatic carbocycles.